The van der Waals surface area contributed by atoms with E-state index in [1.54, 1.807) is 42.6 Å². The molecule has 0 aliphatic rings. The number of thioether (sulfide) groups is 1. The largest absolute Gasteiger partial charge is 0.293 e. The number of hydrogen-bond acceptors (Lipinski definition) is 5. The first-order valence-corrected chi connectivity index (χ1v) is 9.85. The molecule has 0 unspecified atom stereocenters. The van der Waals surface area contributed by atoms with Crippen LogP contribution in [0.4, 0.5) is 0 Å². The average molecular weight is 408 g/mol. The highest BCUT2D eigenvalue weighted by molar-refractivity contribution is 7.99. The Kier molecular flexibility index (Phi) is 5.23. The van der Waals surface area contributed by atoms with Gasteiger partial charge in [0.2, 0.25) is 0 Å². The number of ketones is 1. The summed E-state index contributed by atoms with van der Waals surface area (Å²) in [6.07, 6.45) is 1.56. The lowest BCUT2D eigenvalue weighted by molar-refractivity contribution is 0.102. The van der Waals surface area contributed by atoms with Crippen molar-refractivity contribution in [2.75, 3.05) is 5.75 Å². The van der Waals surface area contributed by atoms with Crippen LogP contribution in [0.15, 0.2) is 82.9 Å². The molecule has 0 bridgehead atoms. The molecule has 0 fully saturated rings. The number of para-hydroxylation sites is 1. The first-order valence-electron chi connectivity index (χ1n) is 8.49. The SMILES string of the molecule is O=C(CSc1nc2cccnc2c(=O)n1-c1ccccc1)c1ccccc1Cl. The van der Waals surface area contributed by atoms with Crippen molar-refractivity contribution in [3.05, 3.63) is 93.9 Å². The molecule has 0 amide bonds. The Bertz CT molecular complexity index is 1230. The second-order valence-corrected chi connectivity index (χ2v) is 7.28. The number of fused-ring (bicyclic) bond motifs is 1. The Morgan fingerprint density at radius 2 is 1.75 bits per heavy atom. The highest BCUT2D eigenvalue weighted by atomic mass is 35.5. The molecular formula is C21H14ClN3O2S. The van der Waals surface area contributed by atoms with Crippen LogP contribution in [0.2, 0.25) is 5.02 Å². The van der Waals surface area contributed by atoms with Gasteiger partial charge in [-0.2, -0.15) is 0 Å². The summed E-state index contributed by atoms with van der Waals surface area (Å²) in [6.45, 7) is 0. The normalized spacial score (nSPS) is 10.9. The highest BCUT2D eigenvalue weighted by Gasteiger charge is 2.17. The summed E-state index contributed by atoms with van der Waals surface area (Å²) in [5, 5.41) is 0.835. The number of rotatable bonds is 5. The lowest BCUT2D eigenvalue weighted by Crippen LogP contribution is -2.23. The van der Waals surface area contributed by atoms with Crippen molar-refractivity contribution in [1.82, 2.24) is 14.5 Å². The summed E-state index contributed by atoms with van der Waals surface area (Å²) in [6, 6.07) is 19.6. The summed E-state index contributed by atoms with van der Waals surface area (Å²) in [7, 11) is 0. The molecule has 28 heavy (non-hydrogen) atoms. The van der Waals surface area contributed by atoms with Gasteiger partial charge in [0, 0.05) is 11.8 Å². The van der Waals surface area contributed by atoms with Crippen molar-refractivity contribution >= 4 is 40.2 Å². The molecule has 0 N–H and O–H groups in total. The quantitative estimate of drug-likeness (QED) is 0.278. The van der Waals surface area contributed by atoms with E-state index in [1.165, 1.54) is 16.3 Å². The van der Waals surface area contributed by atoms with Crippen LogP contribution in [-0.2, 0) is 0 Å². The second kappa shape index (κ2) is 7.96. The van der Waals surface area contributed by atoms with Crippen molar-refractivity contribution in [3.8, 4) is 5.69 Å². The van der Waals surface area contributed by atoms with E-state index in [2.05, 4.69) is 9.97 Å². The molecule has 5 nitrogen and oxygen atoms in total. The maximum absolute atomic E-state index is 13.1. The van der Waals surface area contributed by atoms with Gasteiger partial charge in [-0.25, -0.2) is 9.97 Å². The van der Waals surface area contributed by atoms with Crippen molar-refractivity contribution in [3.63, 3.8) is 0 Å². The summed E-state index contributed by atoms with van der Waals surface area (Å²) in [5.41, 5.74) is 1.62. The Morgan fingerprint density at radius 1 is 1.00 bits per heavy atom. The van der Waals surface area contributed by atoms with E-state index >= 15 is 0 Å². The molecule has 2 aromatic heterocycles. The van der Waals surface area contributed by atoms with Gasteiger partial charge < -0.3 is 0 Å². The van der Waals surface area contributed by atoms with Gasteiger partial charge in [0.1, 0.15) is 0 Å². The molecule has 0 spiro atoms. The maximum Gasteiger partial charge on any atom is 0.285 e. The zero-order valence-corrected chi connectivity index (χ0v) is 16.2. The lowest BCUT2D eigenvalue weighted by atomic mass is 10.1. The predicted octanol–water partition coefficient (Wildman–Crippen LogP) is 4.41. The van der Waals surface area contributed by atoms with Crippen LogP contribution in [0.3, 0.4) is 0 Å². The summed E-state index contributed by atoms with van der Waals surface area (Å²) in [4.78, 5) is 34.4. The van der Waals surface area contributed by atoms with E-state index in [0.717, 1.165) is 0 Å². The van der Waals surface area contributed by atoms with E-state index in [4.69, 9.17) is 11.6 Å². The maximum atomic E-state index is 13.1. The molecule has 4 rings (SSSR count). The van der Waals surface area contributed by atoms with Crippen molar-refractivity contribution in [2.24, 2.45) is 0 Å². The molecule has 0 saturated carbocycles. The van der Waals surface area contributed by atoms with E-state index in [0.29, 0.717) is 26.9 Å². The topological polar surface area (TPSA) is 64.8 Å². The predicted molar refractivity (Wildman–Crippen MR) is 112 cm³/mol. The van der Waals surface area contributed by atoms with Crippen molar-refractivity contribution < 1.29 is 4.79 Å². The summed E-state index contributed by atoms with van der Waals surface area (Å²) < 4.78 is 1.49. The monoisotopic (exact) mass is 407 g/mol. The van der Waals surface area contributed by atoms with Crippen LogP contribution in [0.25, 0.3) is 16.7 Å². The van der Waals surface area contributed by atoms with Crippen LogP contribution in [-0.4, -0.2) is 26.1 Å². The van der Waals surface area contributed by atoms with Crippen LogP contribution < -0.4 is 5.56 Å². The minimum absolute atomic E-state index is 0.106. The van der Waals surface area contributed by atoms with Gasteiger partial charge in [-0.15, -0.1) is 0 Å². The van der Waals surface area contributed by atoms with Crippen LogP contribution >= 0.6 is 23.4 Å². The van der Waals surface area contributed by atoms with Crippen LogP contribution in [0.5, 0.6) is 0 Å². The van der Waals surface area contributed by atoms with Crippen molar-refractivity contribution in [2.45, 2.75) is 5.16 Å². The van der Waals surface area contributed by atoms with E-state index in [-0.39, 0.29) is 22.6 Å². The Morgan fingerprint density at radius 3 is 2.54 bits per heavy atom. The zero-order valence-electron chi connectivity index (χ0n) is 14.6. The second-order valence-electron chi connectivity index (χ2n) is 5.93. The number of carbonyl (C=O) groups is 1. The number of benzene rings is 2. The Balaban J connectivity index is 1.77. The summed E-state index contributed by atoms with van der Waals surface area (Å²) in [5.74, 6) is -0.0230. The van der Waals surface area contributed by atoms with E-state index in [9.17, 15) is 9.59 Å². The lowest BCUT2D eigenvalue weighted by Gasteiger charge is -2.12. The van der Waals surface area contributed by atoms with Gasteiger partial charge in [0.05, 0.1) is 22.0 Å². The van der Waals surface area contributed by atoms with Gasteiger partial charge in [0.15, 0.2) is 16.5 Å². The molecule has 0 radical (unpaired) electrons. The van der Waals surface area contributed by atoms with Crippen LogP contribution in [0.1, 0.15) is 10.4 Å². The summed E-state index contributed by atoms with van der Waals surface area (Å²) >= 11 is 7.32. The third kappa shape index (κ3) is 3.56. The third-order valence-electron chi connectivity index (χ3n) is 4.12. The molecule has 0 aliphatic carbocycles. The number of pyridine rings is 1. The fourth-order valence-corrected chi connectivity index (χ4v) is 3.93. The van der Waals surface area contributed by atoms with Gasteiger partial charge in [-0.05, 0) is 36.4 Å². The van der Waals surface area contributed by atoms with Crippen LogP contribution in [0, 0.1) is 0 Å². The number of hydrogen-bond donors (Lipinski definition) is 0. The number of aromatic nitrogens is 3. The first kappa shape index (κ1) is 18.4. The minimum atomic E-state index is -0.274. The molecule has 0 aliphatic heterocycles. The molecule has 4 aromatic rings. The first-order chi connectivity index (χ1) is 13.6. The Hall–Kier alpha value is -2.96. The number of halogens is 1. The van der Waals surface area contributed by atoms with E-state index in [1.807, 2.05) is 30.3 Å². The van der Waals surface area contributed by atoms with Crippen molar-refractivity contribution in [1.29, 1.82) is 0 Å². The number of Topliss-reactive ketones (excluding diaryl/α,β-unsaturated/α-hetero) is 1. The molecule has 0 saturated heterocycles. The molecule has 2 aromatic carbocycles. The minimum Gasteiger partial charge on any atom is -0.293 e. The molecule has 138 valence electrons. The van der Waals surface area contributed by atoms with Gasteiger partial charge in [-0.3, -0.25) is 14.2 Å². The zero-order chi connectivity index (χ0) is 19.5. The highest BCUT2D eigenvalue weighted by Crippen LogP contribution is 2.23. The Labute approximate surface area is 170 Å². The fourth-order valence-electron chi connectivity index (χ4n) is 2.79. The smallest absolute Gasteiger partial charge is 0.285 e. The number of carbonyl (C=O) groups excluding carboxylic acids is 1. The molecular weight excluding hydrogens is 394 g/mol. The van der Waals surface area contributed by atoms with E-state index < -0.39 is 0 Å². The van der Waals surface area contributed by atoms with Gasteiger partial charge >= 0.3 is 0 Å². The molecule has 2 heterocycles. The van der Waals surface area contributed by atoms with Gasteiger partial charge in [-0.1, -0.05) is 53.7 Å². The molecule has 7 heteroatoms. The molecule has 0 atom stereocenters. The average Bonchev–Trinajstić information content (AvgIpc) is 2.73. The standard InChI is InChI=1S/C21H14ClN3O2S/c22-16-10-5-4-9-15(16)18(26)13-28-21-24-17-11-6-12-23-19(17)20(27)25(21)14-7-2-1-3-8-14/h1-12H,13H2. The fraction of sp³-hybridized carbons (Fsp3) is 0.0476. The third-order valence-corrected chi connectivity index (χ3v) is 5.39. The number of nitrogens with zero attached hydrogens (tertiary/aromatic N) is 3. The van der Waals surface area contributed by atoms with Gasteiger partial charge in [0.25, 0.3) is 5.56 Å².